The highest BCUT2D eigenvalue weighted by molar-refractivity contribution is 9.08. The number of rotatable bonds is 4. The molecule has 1 aromatic heterocycles. The Bertz CT molecular complexity index is 423. The summed E-state index contributed by atoms with van der Waals surface area (Å²) in [6.45, 7) is 0. The molecular weight excluding hydrogens is 307 g/mol. The van der Waals surface area contributed by atoms with Crippen LogP contribution in [0.4, 0.5) is 13.2 Å². The predicted molar refractivity (Wildman–Crippen MR) is 55.5 cm³/mol. The normalized spacial score (nSPS) is 11.1. The number of alkyl halides is 4. The van der Waals surface area contributed by atoms with E-state index in [1.165, 1.54) is 6.07 Å². The van der Waals surface area contributed by atoms with Gasteiger partial charge in [0.2, 0.25) is 5.75 Å². The molecule has 0 aliphatic rings. The zero-order chi connectivity index (χ0) is 13.1. The lowest BCUT2D eigenvalue weighted by Crippen LogP contribution is -2.19. The molecule has 0 fully saturated rings. The average Bonchev–Trinajstić information content (AvgIpc) is 2.27. The Morgan fingerprint density at radius 1 is 1.53 bits per heavy atom. The summed E-state index contributed by atoms with van der Waals surface area (Å²) < 4.78 is 44.7. The van der Waals surface area contributed by atoms with Crippen molar-refractivity contribution in [1.29, 1.82) is 0 Å². The summed E-state index contributed by atoms with van der Waals surface area (Å²) in [6, 6.07) is 1.19. The molecule has 0 atom stereocenters. The Labute approximate surface area is 103 Å². The molecule has 0 saturated heterocycles. The molecule has 1 aromatic rings. The number of hydrogen-bond donors (Lipinski definition) is 0. The minimum Gasteiger partial charge on any atom is -0.478 e. The number of methoxy groups -OCH3 is 1. The molecule has 0 N–H and O–H groups in total. The lowest BCUT2D eigenvalue weighted by molar-refractivity contribution is -0.275. The summed E-state index contributed by atoms with van der Waals surface area (Å²) in [5, 5.41) is 0.274. The van der Waals surface area contributed by atoms with Gasteiger partial charge in [0.1, 0.15) is 0 Å². The number of ether oxygens (including phenoxy) is 2. The molecule has 0 aromatic carbocycles. The zero-order valence-corrected chi connectivity index (χ0v) is 10.1. The fourth-order valence-corrected chi connectivity index (χ4v) is 1.38. The van der Waals surface area contributed by atoms with Crippen LogP contribution in [0.1, 0.15) is 16.1 Å². The van der Waals surface area contributed by atoms with Crippen LogP contribution < -0.4 is 9.47 Å². The summed E-state index contributed by atoms with van der Waals surface area (Å²) in [6.07, 6.45) is -4.67. The van der Waals surface area contributed by atoms with Crippen molar-refractivity contribution in [2.75, 3.05) is 7.11 Å². The average molecular weight is 314 g/mol. The third-order valence-electron chi connectivity index (χ3n) is 1.70. The lowest BCUT2D eigenvalue weighted by Gasteiger charge is -2.14. The third kappa shape index (κ3) is 3.58. The molecule has 0 aliphatic heterocycles. The number of aromatic nitrogens is 1. The van der Waals surface area contributed by atoms with Crippen molar-refractivity contribution >= 4 is 22.2 Å². The predicted octanol–water partition coefficient (Wildman–Crippen LogP) is 2.70. The van der Waals surface area contributed by atoms with Crippen LogP contribution in [0.2, 0.25) is 0 Å². The van der Waals surface area contributed by atoms with Gasteiger partial charge in [-0.05, 0) is 6.07 Å². The van der Waals surface area contributed by atoms with E-state index in [9.17, 15) is 18.0 Å². The van der Waals surface area contributed by atoms with E-state index in [0.29, 0.717) is 5.69 Å². The maximum atomic E-state index is 12.1. The number of hydrogen-bond acceptors (Lipinski definition) is 4. The second kappa shape index (κ2) is 5.35. The summed E-state index contributed by atoms with van der Waals surface area (Å²) in [5.74, 6) is -1.12. The largest absolute Gasteiger partial charge is 0.573 e. The van der Waals surface area contributed by atoms with Gasteiger partial charge in [-0.2, -0.15) is 0 Å². The zero-order valence-electron chi connectivity index (χ0n) is 8.55. The van der Waals surface area contributed by atoms with E-state index < -0.39 is 12.1 Å². The molecule has 1 rings (SSSR count). The van der Waals surface area contributed by atoms with Crippen LogP contribution in [0.5, 0.6) is 11.6 Å². The molecule has 0 radical (unpaired) electrons. The van der Waals surface area contributed by atoms with Gasteiger partial charge in [0.25, 0.3) is 5.88 Å². The van der Waals surface area contributed by atoms with E-state index in [1.54, 1.807) is 0 Å². The molecule has 4 nitrogen and oxygen atoms in total. The van der Waals surface area contributed by atoms with Crippen molar-refractivity contribution in [3.63, 3.8) is 0 Å². The van der Waals surface area contributed by atoms with Crippen molar-refractivity contribution < 1.29 is 27.4 Å². The molecule has 0 saturated carbocycles. The maximum absolute atomic E-state index is 12.1. The fourth-order valence-electron chi connectivity index (χ4n) is 1.09. The minimum absolute atomic E-state index is 0.247. The van der Waals surface area contributed by atoms with Gasteiger partial charge in [-0.3, -0.25) is 4.79 Å². The van der Waals surface area contributed by atoms with Gasteiger partial charge in [-0.25, -0.2) is 4.98 Å². The smallest absolute Gasteiger partial charge is 0.478 e. The maximum Gasteiger partial charge on any atom is 0.573 e. The quantitative estimate of drug-likeness (QED) is 0.633. The van der Waals surface area contributed by atoms with E-state index in [4.69, 9.17) is 0 Å². The number of aldehydes is 1. The molecule has 8 heteroatoms. The summed E-state index contributed by atoms with van der Waals surface area (Å²) in [7, 11) is 1.14. The van der Waals surface area contributed by atoms with Crippen LogP contribution in [-0.2, 0) is 5.33 Å². The highest BCUT2D eigenvalue weighted by Gasteiger charge is 2.34. The molecule has 0 amide bonds. The van der Waals surface area contributed by atoms with Crippen LogP contribution in [-0.4, -0.2) is 24.7 Å². The van der Waals surface area contributed by atoms with Crippen molar-refractivity contribution in [2.45, 2.75) is 11.7 Å². The van der Waals surface area contributed by atoms with Gasteiger partial charge in [0.15, 0.2) is 6.29 Å². The van der Waals surface area contributed by atoms with Gasteiger partial charge in [0, 0.05) is 5.33 Å². The number of carbonyl (C=O) groups excluding carboxylic acids is 1. The van der Waals surface area contributed by atoms with E-state index in [1.807, 2.05) is 0 Å². The molecule has 1 heterocycles. The molecule has 0 aliphatic carbocycles. The van der Waals surface area contributed by atoms with E-state index in [-0.39, 0.29) is 23.1 Å². The Hall–Kier alpha value is -1.31. The van der Waals surface area contributed by atoms with Crippen molar-refractivity contribution in [3.8, 4) is 11.6 Å². The highest BCUT2D eigenvalue weighted by Crippen LogP contribution is 2.34. The molecule has 0 spiro atoms. The first-order valence-corrected chi connectivity index (χ1v) is 5.38. The van der Waals surface area contributed by atoms with Gasteiger partial charge in [-0.1, -0.05) is 15.9 Å². The first-order chi connectivity index (χ1) is 7.91. The van der Waals surface area contributed by atoms with Gasteiger partial charge in [-0.15, -0.1) is 13.2 Å². The van der Waals surface area contributed by atoms with E-state index >= 15 is 0 Å². The molecular formula is C9H7BrF3NO3. The summed E-state index contributed by atoms with van der Waals surface area (Å²) in [4.78, 5) is 14.5. The Morgan fingerprint density at radius 3 is 2.59 bits per heavy atom. The first kappa shape index (κ1) is 13.8. The second-order valence-corrected chi connectivity index (χ2v) is 3.40. The van der Waals surface area contributed by atoms with E-state index in [2.05, 4.69) is 30.4 Å². The Balaban J connectivity index is 3.29. The molecule has 0 unspecified atom stereocenters. The van der Waals surface area contributed by atoms with Crippen LogP contribution in [0.25, 0.3) is 0 Å². The molecule has 17 heavy (non-hydrogen) atoms. The van der Waals surface area contributed by atoms with Crippen molar-refractivity contribution in [3.05, 3.63) is 17.3 Å². The standard InChI is InChI=1S/C9H7BrF3NO3/c1-16-8-7(17-9(11,12)13)5(4-15)2-6(3-10)14-8/h2,4H,3H2,1H3. The number of pyridine rings is 1. The third-order valence-corrected chi connectivity index (χ3v) is 2.27. The van der Waals surface area contributed by atoms with Crippen LogP contribution in [0, 0.1) is 0 Å². The first-order valence-electron chi connectivity index (χ1n) is 4.26. The summed E-state index contributed by atoms with van der Waals surface area (Å²) >= 11 is 3.07. The molecule has 0 bridgehead atoms. The van der Waals surface area contributed by atoms with Gasteiger partial charge in [0.05, 0.1) is 18.4 Å². The van der Waals surface area contributed by atoms with Crippen LogP contribution in [0.3, 0.4) is 0 Å². The highest BCUT2D eigenvalue weighted by atomic mass is 79.9. The minimum atomic E-state index is -4.91. The topological polar surface area (TPSA) is 48.4 Å². The molecule has 94 valence electrons. The van der Waals surface area contributed by atoms with Gasteiger partial charge < -0.3 is 9.47 Å². The second-order valence-electron chi connectivity index (χ2n) is 2.84. The number of carbonyl (C=O) groups is 1. The SMILES string of the molecule is COc1nc(CBr)cc(C=O)c1OC(F)(F)F. The van der Waals surface area contributed by atoms with Crippen LogP contribution >= 0.6 is 15.9 Å². The number of nitrogens with zero attached hydrogens (tertiary/aromatic N) is 1. The van der Waals surface area contributed by atoms with E-state index in [0.717, 1.165) is 7.11 Å². The Kier molecular flexibility index (Phi) is 4.33. The monoisotopic (exact) mass is 313 g/mol. The van der Waals surface area contributed by atoms with Crippen molar-refractivity contribution in [1.82, 2.24) is 4.98 Å². The van der Waals surface area contributed by atoms with Gasteiger partial charge >= 0.3 is 6.36 Å². The summed E-state index contributed by atoms with van der Waals surface area (Å²) in [5.41, 5.74) is 0.0853. The van der Waals surface area contributed by atoms with Crippen molar-refractivity contribution in [2.24, 2.45) is 0 Å². The lowest BCUT2D eigenvalue weighted by atomic mass is 10.2. The number of halogens is 4. The fraction of sp³-hybridized carbons (Fsp3) is 0.333. The Morgan fingerprint density at radius 2 is 2.18 bits per heavy atom. The van der Waals surface area contributed by atoms with Crippen LogP contribution in [0.15, 0.2) is 6.07 Å².